The van der Waals surface area contributed by atoms with Crippen molar-refractivity contribution in [3.8, 4) is 0 Å². The van der Waals surface area contributed by atoms with Gasteiger partial charge in [-0.15, -0.1) is 0 Å². The number of likely N-dealkylation sites (N-methyl/N-ethyl adjacent to an activating group) is 1. The molecule has 0 aromatic rings. The van der Waals surface area contributed by atoms with Crippen LogP contribution in [-0.4, -0.2) is 25.0 Å². The Labute approximate surface area is 80.3 Å². The van der Waals surface area contributed by atoms with E-state index in [1.165, 1.54) is 19.3 Å². The second-order valence-corrected chi connectivity index (χ2v) is 3.68. The molecule has 1 fully saturated rings. The van der Waals surface area contributed by atoms with Gasteiger partial charge in [-0.05, 0) is 19.4 Å². The molecule has 13 heavy (non-hydrogen) atoms. The zero-order chi connectivity index (χ0) is 9.52. The van der Waals surface area contributed by atoms with Crippen molar-refractivity contribution in [3.63, 3.8) is 0 Å². The molecule has 76 valence electrons. The van der Waals surface area contributed by atoms with Gasteiger partial charge in [0.2, 0.25) is 5.91 Å². The van der Waals surface area contributed by atoms with Crippen LogP contribution in [0.25, 0.3) is 0 Å². The second kappa shape index (κ2) is 5.97. The van der Waals surface area contributed by atoms with E-state index in [4.69, 9.17) is 0 Å². The SMILES string of the molecule is CCNCC(=O)NC1CCCCC1. The Hall–Kier alpha value is -0.570. The molecular weight excluding hydrogens is 164 g/mol. The lowest BCUT2D eigenvalue weighted by Gasteiger charge is -2.22. The molecular formula is C10H20N2O. The zero-order valence-corrected chi connectivity index (χ0v) is 8.44. The van der Waals surface area contributed by atoms with E-state index in [-0.39, 0.29) is 5.91 Å². The van der Waals surface area contributed by atoms with Crippen LogP contribution in [0.3, 0.4) is 0 Å². The second-order valence-electron chi connectivity index (χ2n) is 3.68. The molecule has 1 aliphatic carbocycles. The molecule has 2 N–H and O–H groups in total. The number of carbonyl (C=O) groups excluding carboxylic acids is 1. The molecule has 3 heteroatoms. The van der Waals surface area contributed by atoms with E-state index >= 15 is 0 Å². The molecule has 1 amide bonds. The summed E-state index contributed by atoms with van der Waals surface area (Å²) in [6.07, 6.45) is 6.20. The van der Waals surface area contributed by atoms with Crippen LogP contribution in [0.1, 0.15) is 39.0 Å². The van der Waals surface area contributed by atoms with Crippen LogP contribution in [0.2, 0.25) is 0 Å². The maximum atomic E-state index is 11.3. The molecule has 1 saturated carbocycles. The Morgan fingerprint density at radius 1 is 1.31 bits per heavy atom. The van der Waals surface area contributed by atoms with Gasteiger partial charge in [-0.3, -0.25) is 4.79 Å². The van der Waals surface area contributed by atoms with Gasteiger partial charge in [0.1, 0.15) is 0 Å². The number of hydrogen-bond donors (Lipinski definition) is 2. The molecule has 0 aliphatic heterocycles. The highest BCUT2D eigenvalue weighted by Crippen LogP contribution is 2.16. The number of carbonyl (C=O) groups is 1. The minimum atomic E-state index is 0.147. The third kappa shape index (κ3) is 4.27. The van der Waals surface area contributed by atoms with E-state index in [0.717, 1.165) is 19.4 Å². The fraction of sp³-hybridized carbons (Fsp3) is 0.900. The Morgan fingerprint density at radius 3 is 2.62 bits per heavy atom. The van der Waals surface area contributed by atoms with E-state index in [1.807, 2.05) is 6.92 Å². The highest BCUT2D eigenvalue weighted by molar-refractivity contribution is 5.78. The summed E-state index contributed by atoms with van der Waals surface area (Å²) in [5.74, 6) is 0.147. The monoisotopic (exact) mass is 184 g/mol. The number of nitrogens with one attached hydrogen (secondary N) is 2. The first kappa shape index (κ1) is 10.5. The van der Waals surface area contributed by atoms with Crippen LogP contribution in [0.4, 0.5) is 0 Å². The van der Waals surface area contributed by atoms with E-state index in [1.54, 1.807) is 0 Å². The average molecular weight is 184 g/mol. The maximum absolute atomic E-state index is 11.3. The first-order valence-electron chi connectivity index (χ1n) is 5.33. The summed E-state index contributed by atoms with van der Waals surface area (Å²) < 4.78 is 0. The molecule has 0 aromatic heterocycles. The summed E-state index contributed by atoms with van der Waals surface area (Å²) in [4.78, 5) is 11.3. The van der Waals surface area contributed by atoms with Crippen molar-refractivity contribution in [2.24, 2.45) is 0 Å². The van der Waals surface area contributed by atoms with Crippen LogP contribution in [-0.2, 0) is 4.79 Å². The largest absolute Gasteiger partial charge is 0.352 e. The van der Waals surface area contributed by atoms with E-state index in [2.05, 4.69) is 10.6 Å². The summed E-state index contributed by atoms with van der Waals surface area (Å²) in [5, 5.41) is 6.08. The van der Waals surface area contributed by atoms with Gasteiger partial charge in [-0.25, -0.2) is 0 Å². The van der Waals surface area contributed by atoms with Crippen LogP contribution >= 0.6 is 0 Å². The predicted octanol–water partition coefficient (Wildman–Crippen LogP) is 1.04. The minimum absolute atomic E-state index is 0.147. The summed E-state index contributed by atoms with van der Waals surface area (Å²) in [6.45, 7) is 3.33. The average Bonchev–Trinajstić information content (AvgIpc) is 2.16. The summed E-state index contributed by atoms with van der Waals surface area (Å²) in [5.41, 5.74) is 0. The number of amides is 1. The Bertz CT molecular complexity index is 153. The highest BCUT2D eigenvalue weighted by atomic mass is 16.1. The van der Waals surface area contributed by atoms with Gasteiger partial charge >= 0.3 is 0 Å². The fourth-order valence-corrected chi connectivity index (χ4v) is 1.76. The Kier molecular flexibility index (Phi) is 4.83. The molecule has 0 atom stereocenters. The van der Waals surface area contributed by atoms with Crippen LogP contribution in [0.5, 0.6) is 0 Å². The van der Waals surface area contributed by atoms with Crippen molar-refractivity contribution in [2.75, 3.05) is 13.1 Å². The molecule has 0 heterocycles. The van der Waals surface area contributed by atoms with Crippen LogP contribution in [0, 0.1) is 0 Å². The molecule has 0 bridgehead atoms. The first-order valence-corrected chi connectivity index (χ1v) is 5.33. The third-order valence-electron chi connectivity index (χ3n) is 2.51. The van der Waals surface area contributed by atoms with Crippen LogP contribution < -0.4 is 10.6 Å². The highest BCUT2D eigenvalue weighted by Gasteiger charge is 2.14. The van der Waals surface area contributed by atoms with Crippen molar-refractivity contribution in [3.05, 3.63) is 0 Å². The smallest absolute Gasteiger partial charge is 0.234 e. The van der Waals surface area contributed by atoms with Crippen molar-refractivity contribution in [1.82, 2.24) is 10.6 Å². The lowest BCUT2D eigenvalue weighted by atomic mass is 9.95. The lowest BCUT2D eigenvalue weighted by Crippen LogP contribution is -2.41. The quantitative estimate of drug-likeness (QED) is 0.685. The van der Waals surface area contributed by atoms with Crippen molar-refractivity contribution in [2.45, 2.75) is 45.1 Å². The Balaban J connectivity index is 2.11. The summed E-state index contributed by atoms with van der Waals surface area (Å²) >= 11 is 0. The van der Waals surface area contributed by atoms with Crippen molar-refractivity contribution in [1.29, 1.82) is 0 Å². The minimum Gasteiger partial charge on any atom is -0.352 e. The van der Waals surface area contributed by atoms with E-state index in [9.17, 15) is 4.79 Å². The van der Waals surface area contributed by atoms with Crippen molar-refractivity contribution >= 4 is 5.91 Å². The molecule has 0 aromatic carbocycles. The molecule has 0 saturated heterocycles. The fourth-order valence-electron chi connectivity index (χ4n) is 1.76. The predicted molar refractivity (Wildman–Crippen MR) is 53.6 cm³/mol. The summed E-state index contributed by atoms with van der Waals surface area (Å²) in [6, 6.07) is 0.444. The molecule has 0 radical (unpaired) electrons. The van der Waals surface area contributed by atoms with E-state index in [0.29, 0.717) is 12.6 Å². The summed E-state index contributed by atoms with van der Waals surface area (Å²) in [7, 11) is 0. The normalized spacial score (nSPS) is 18.5. The molecule has 0 unspecified atom stereocenters. The lowest BCUT2D eigenvalue weighted by molar-refractivity contribution is -0.121. The van der Waals surface area contributed by atoms with E-state index < -0.39 is 0 Å². The van der Waals surface area contributed by atoms with Gasteiger partial charge in [0.05, 0.1) is 6.54 Å². The van der Waals surface area contributed by atoms with Gasteiger partial charge in [-0.2, -0.15) is 0 Å². The van der Waals surface area contributed by atoms with Gasteiger partial charge in [0, 0.05) is 6.04 Å². The maximum Gasteiger partial charge on any atom is 0.234 e. The number of hydrogen-bond acceptors (Lipinski definition) is 2. The van der Waals surface area contributed by atoms with Gasteiger partial charge < -0.3 is 10.6 Å². The van der Waals surface area contributed by atoms with Crippen molar-refractivity contribution < 1.29 is 4.79 Å². The van der Waals surface area contributed by atoms with Gasteiger partial charge in [0.25, 0.3) is 0 Å². The Morgan fingerprint density at radius 2 is 2.00 bits per heavy atom. The van der Waals surface area contributed by atoms with Gasteiger partial charge in [-0.1, -0.05) is 26.2 Å². The standard InChI is InChI=1S/C10H20N2O/c1-2-11-8-10(13)12-9-6-4-3-5-7-9/h9,11H,2-8H2,1H3,(H,12,13). The third-order valence-corrected chi connectivity index (χ3v) is 2.51. The molecule has 0 spiro atoms. The molecule has 3 nitrogen and oxygen atoms in total. The molecule has 1 aliphatic rings. The first-order chi connectivity index (χ1) is 6.33. The number of rotatable bonds is 4. The topological polar surface area (TPSA) is 41.1 Å². The van der Waals surface area contributed by atoms with Crippen LogP contribution in [0.15, 0.2) is 0 Å². The molecule has 1 rings (SSSR count). The van der Waals surface area contributed by atoms with Gasteiger partial charge in [0.15, 0.2) is 0 Å². The zero-order valence-electron chi connectivity index (χ0n) is 8.44.